The van der Waals surface area contributed by atoms with Crippen molar-refractivity contribution in [2.45, 2.75) is 13.0 Å². The molecule has 1 heterocycles. The van der Waals surface area contributed by atoms with Gasteiger partial charge in [0, 0.05) is 5.56 Å². The zero-order valence-corrected chi connectivity index (χ0v) is 20.8. The smallest absolute Gasteiger partial charge is 0.338 e. The van der Waals surface area contributed by atoms with Gasteiger partial charge in [0.25, 0.3) is 11.8 Å². The number of anilines is 1. The third kappa shape index (κ3) is 4.79. The number of esters is 1. The standard InChI is InChI=1S/C30H20ClNO6/c1-18(27(33)19-8-4-2-5-9-19)37-30(36)20-12-14-23-24(16-20)29(35)32(28(23)34)21-13-15-26(25(31)17-21)38-22-10-6-3-7-11-22/h2-18H,1H3. The van der Waals surface area contributed by atoms with Crippen molar-refractivity contribution >= 4 is 40.9 Å². The molecule has 7 nitrogen and oxygen atoms in total. The minimum absolute atomic E-state index is 0.0455. The maximum absolute atomic E-state index is 13.2. The van der Waals surface area contributed by atoms with Gasteiger partial charge in [0.1, 0.15) is 11.5 Å². The molecule has 1 atom stereocenters. The average molecular weight is 526 g/mol. The number of benzene rings is 4. The zero-order chi connectivity index (χ0) is 26.8. The Balaban J connectivity index is 1.34. The Morgan fingerprint density at radius 2 is 1.42 bits per heavy atom. The number of nitrogens with zero attached hydrogens (tertiary/aromatic N) is 1. The summed E-state index contributed by atoms with van der Waals surface area (Å²) >= 11 is 6.39. The van der Waals surface area contributed by atoms with E-state index in [9.17, 15) is 19.2 Å². The van der Waals surface area contributed by atoms with E-state index in [1.165, 1.54) is 31.2 Å². The van der Waals surface area contributed by atoms with Crippen LogP contribution in [0.1, 0.15) is 48.4 Å². The molecule has 0 N–H and O–H groups in total. The lowest BCUT2D eigenvalue weighted by Gasteiger charge is -2.15. The number of rotatable bonds is 7. The molecule has 188 valence electrons. The molecule has 0 radical (unpaired) electrons. The number of carbonyl (C=O) groups excluding carboxylic acids is 4. The van der Waals surface area contributed by atoms with Crippen molar-refractivity contribution in [3.8, 4) is 11.5 Å². The van der Waals surface area contributed by atoms with Gasteiger partial charge in [-0.25, -0.2) is 9.69 Å². The second-order valence-corrected chi connectivity index (χ2v) is 8.92. The second-order valence-electron chi connectivity index (χ2n) is 8.51. The van der Waals surface area contributed by atoms with E-state index in [0.29, 0.717) is 17.1 Å². The average Bonchev–Trinajstić information content (AvgIpc) is 3.19. The minimum Gasteiger partial charge on any atom is -0.456 e. The van der Waals surface area contributed by atoms with E-state index in [1.54, 1.807) is 54.6 Å². The molecular formula is C30H20ClNO6. The topological polar surface area (TPSA) is 90.0 Å². The van der Waals surface area contributed by atoms with Crippen LogP contribution in [0.25, 0.3) is 0 Å². The van der Waals surface area contributed by atoms with Crippen LogP contribution in [0.4, 0.5) is 5.69 Å². The molecule has 0 saturated carbocycles. The SMILES string of the molecule is CC(OC(=O)c1ccc2c(c1)C(=O)N(c1ccc(Oc3ccccc3)c(Cl)c1)C2=O)C(=O)c1ccccc1. The number of ketones is 1. The Morgan fingerprint density at radius 3 is 2.11 bits per heavy atom. The van der Waals surface area contributed by atoms with E-state index in [0.717, 1.165) is 4.90 Å². The molecule has 4 aromatic rings. The van der Waals surface area contributed by atoms with Crippen LogP contribution in [0, 0.1) is 0 Å². The number of carbonyl (C=O) groups is 4. The summed E-state index contributed by atoms with van der Waals surface area (Å²) in [7, 11) is 0. The van der Waals surface area contributed by atoms with Crippen molar-refractivity contribution in [1.29, 1.82) is 0 Å². The first-order chi connectivity index (χ1) is 18.3. The molecule has 2 amide bonds. The number of amides is 2. The van der Waals surface area contributed by atoms with Gasteiger partial charge in [-0.05, 0) is 55.5 Å². The molecule has 0 bridgehead atoms. The van der Waals surface area contributed by atoms with Gasteiger partial charge in [-0.15, -0.1) is 0 Å². The number of halogens is 1. The van der Waals surface area contributed by atoms with Crippen LogP contribution in [0.3, 0.4) is 0 Å². The Bertz CT molecular complexity index is 1570. The third-order valence-corrected chi connectivity index (χ3v) is 6.27. The fourth-order valence-electron chi connectivity index (χ4n) is 4.05. The number of Topliss-reactive ketones (excluding diaryl/α,β-unsaturated/α-hetero) is 1. The van der Waals surface area contributed by atoms with Crippen molar-refractivity contribution in [1.82, 2.24) is 0 Å². The fraction of sp³-hybridized carbons (Fsp3) is 0.0667. The Labute approximate surface area is 223 Å². The highest BCUT2D eigenvalue weighted by atomic mass is 35.5. The highest BCUT2D eigenvalue weighted by Gasteiger charge is 2.37. The summed E-state index contributed by atoms with van der Waals surface area (Å²) in [6.45, 7) is 1.48. The van der Waals surface area contributed by atoms with E-state index in [-0.39, 0.29) is 33.2 Å². The number of imide groups is 1. The van der Waals surface area contributed by atoms with Gasteiger partial charge < -0.3 is 9.47 Å². The molecule has 0 fully saturated rings. The summed E-state index contributed by atoms with van der Waals surface area (Å²) in [5.74, 6) is -1.35. The highest BCUT2D eigenvalue weighted by molar-refractivity contribution is 6.36. The molecule has 1 aliphatic heterocycles. The Hall–Kier alpha value is -4.75. The molecule has 0 aliphatic carbocycles. The first-order valence-electron chi connectivity index (χ1n) is 11.7. The van der Waals surface area contributed by atoms with Crippen LogP contribution in [-0.4, -0.2) is 29.7 Å². The van der Waals surface area contributed by atoms with Gasteiger partial charge in [0.15, 0.2) is 6.10 Å². The summed E-state index contributed by atoms with van der Waals surface area (Å²) in [6.07, 6.45) is -1.04. The summed E-state index contributed by atoms with van der Waals surface area (Å²) in [4.78, 5) is 52.6. The van der Waals surface area contributed by atoms with E-state index < -0.39 is 23.9 Å². The maximum Gasteiger partial charge on any atom is 0.338 e. The van der Waals surface area contributed by atoms with Crippen molar-refractivity contribution in [2.24, 2.45) is 0 Å². The molecule has 38 heavy (non-hydrogen) atoms. The van der Waals surface area contributed by atoms with Gasteiger partial charge in [-0.1, -0.05) is 60.1 Å². The van der Waals surface area contributed by atoms with Crippen LogP contribution in [-0.2, 0) is 4.74 Å². The molecule has 1 unspecified atom stereocenters. The van der Waals surface area contributed by atoms with E-state index in [1.807, 2.05) is 18.2 Å². The minimum atomic E-state index is -1.04. The van der Waals surface area contributed by atoms with Crippen molar-refractivity contribution in [3.05, 3.63) is 124 Å². The lowest BCUT2D eigenvalue weighted by atomic mass is 10.1. The van der Waals surface area contributed by atoms with Crippen LogP contribution in [0.5, 0.6) is 11.5 Å². The number of hydrogen-bond acceptors (Lipinski definition) is 6. The zero-order valence-electron chi connectivity index (χ0n) is 20.1. The predicted molar refractivity (Wildman–Crippen MR) is 141 cm³/mol. The normalized spacial score (nSPS) is 13.2. The number of hydrogen-bond donors (Lipinski definition) is 0. The first kappa shape index (κ1) is 24.9. The van der Waals surface area contributed by atoms with E-state index >= 15 is 0 Å². The largest absolute Gasteiger partial charge is 0.456 e. The summed E-state index contributed by atoms with van der Waals surface area (Å²) < 4.78 is 11.1. The Morgan fingerprint density at radius 1 is 0.763 bits per heavy atom. The van der Waals surface area contributed by atoms with Crippen molar-refractivity contribution < 1.29 is 28.7 Å². The summed E-state index contributed by atoms with van der Waals surface area (Å²) in [5.41, 5.74) is 0.904. The second kappa shape index (κ2) is 10.3. The molecule has 0 saturated heterocycles. The summed E-state index contributed by atoms with van der Waals surface area (Å²) in [6, 6.07) is 26.2. The monoisotopic (exact) mass is 525 g/mol. The molecule has 5 rings (SSSR count). The van der Waals surface area contributed by atoms with Gasteiger partial charge in [0.05, 0.1) is 27.4 Å². The van der Waals surface area contributed by atoms with Crippen LogP contribution in [0.2, 0.25) is 5.02 Å². The maximum atomic E-state index is 13.2. The molecular weight excluding hydrogens is 506 g/mol. The quantitative estimate of drug-likeness (QED) is 0.158. The number of ether oxygens (including phenoxy) is 2. The third-order valence-electron chi connectivity index (χ3n) is 5.98. The molecule has 1 aliphatic rings. The van der Waals surface area contributed by atoms with Crippen molar-refractivity contribution in [3.63, 3.8) is 0 Å². The van der Waals surface area contributed by atoms with Gasteiger partial charge in [-0.3, -0.25) is 14.4 Å². The van der Waals surface area contributed by atoms with Crippen LogP contribution >= 0.6 is 11.6 Å². The van der Waals surface area contributed by atoms with Gasteiger partial charge in [-0.2, -0.15) is 0 Å². The molecule has 0 spiro atoms. The molecule has 0 aromatic heterocycles. The van der Waals surface area contributed by atoms with Crippen LogP contribution < -0.4 is 9.64 Å². The number of fused-ring (bicyclic) bond motifs is 1. The molecule has 4 aromatic carbocycles. The van der Waals surface area contributed by atoms with E-state index in [4.69, 9.17) is 21.1 Å². The Kier molecular flexibility index (Phi) is 6.77. The fourth-order valence-corrected chi connectivity index (χ4v) is 4.26. The molecule has 8 heteroatoms. The van der Waals surface area contributed by atoms with Crippen LogP contribution in [0.15, 0.2) is 97.1 Å². The predicted octanol–water partition coefficient (Wildman–Crippen LogP) is 6.36. The van der Waals surface area contributed by atoms with Gasteiger partial charge >= 0.3 is 5.97 Å². The van der Waals surface area contributed by atoms with Crippen molar-refractivity contribution in [2.75, 3.05) is 4.90 Å². The summed E-state index contributed by atoms with van der Waals surface area (Å²) in [5, 5.41) is 0.212. The first-order valence-corrected chi connectivity index (χ1v) is 12.1. The van der Waals surface area contributed by atoms with E-state index in [2.05, 4.69) is 0 Å². The lowest BCUT2D eigenvalue weighted by Crippen LogP contribution is -2.29. The lowest BCUT2D eigenvalue weighted by molar-refractivity contribution is 0.0318. The highest BCUT2D eigenvalue weighted by Crippen LogP contribution is 2.36. The number of para-hydroxylation sites is 1. The van der Waals surface area contributed by atoms with Gasteiger partial charge in [0.2, 0.25) is 5.78 Å².